The van der Waals surface area contributed by atoms with E-state index < -0.39 is 12.1 Å². The summed E-state index contributed by atoms with van der Waals surface area (Å²) in [6.07, 6.45) is 4.38. The van der Waals surface area contributed by atoms with Gasteiger partial charge in [-0.25, -0.2) is 9.78 Å². The van der Waals surface area contributed by atoms with Crippen LogP contribution in [0.3, 0.4) is 0 Å². The van der Waals surface area contributed by atoms with E-state index in [1.807, 2.05) is 17.6 Å². The number of aromatic nitrogens is 2. The molecule has 1 heterocycles. The van der Waals surface area contributed by atoms with E-state index >= 15 is 0 Å². The molecule has 1 aromatic heterocycles. The topological polar surface area (TPSA) is 75.3 Å². The molecule has 2 aromatic rings. The lowest BCUT2D eigenvalue weighted by molar-refractivity contribution is 0.0697. The Kier molecular flexibility index (Phi) is 3.68. The molecule has 3 rings (SSSR count). The summed E-state index contributed by atoms with van der Waals surface area (Å²) in [6, 6.07) is 5.06. The van der Waals surface area contributed by atoms with Gasteiger partial charge in [0.05, 0.1) is 28.7 Å². The Bertz CT molecular complexity index is 677. The zero-order valence-corrected chi connectivity index (χ0v) is 12.1. The van der Waals surface area contributed by atoms with Crippen LogP contribution in [-0.2, 0) is 0 Å². The van der Waals surface area contributed by atoms with Crippen molar-refractivity contribution < 1.29 is 15.0 Å². The van der Waals surface area contributed by atoms with Crippen molar-refractivity contribution in [1.29, 1.82) is 0 Å². The Labute approximate surface area is 123 Å². The van der Waals surface area contributed by atoms with E-state index in [4.69, 9.17) is 0 Å². The monoisotopic (exact) mass is 288 g/mol. The highest BCUT2D eigenvalue weighted by Crippen LogP contribution is 2.33. The van der Waals surface area contributed by atoms with Crippen molar-refractivity contribution in [3.63, 3.8) is 0 Å². The van der Waals surface area contributed by atoms with Crippen LogP contribution < -0.4 is 0 Å². The minimum absolute atomic E-state index is 0.0852. The molecule has 1 aromatic carbocycles. The van der Waals surface area contributed by atoms with Crippen LogP contribution in [0.25, 0.3) is 11.0 Å². The van der Waals surface area contributed by atoms with E-state index in [-0.39, 0.29) is 11.6 Å². The quantitative estimate of drug-likeness (QED) is 0.833. The van der Waals surface area contributed by atoms with Crippen molar-refractivity contribution in [1.82, 2.24) is 9.55 Å². The van der Waals surface area contributed by atoms with Gasteiger partial charge in [0.25, 0.3) is 0 Å². The molecule has 0 saturated heterocycles. The summed E-state index contributed by atoms with van der Waals surface area (Å²) in [7, 11) is 0. The second kappa shape index (κ2) is 5.48. The molecule has 0 spiro atoms. The molecule has 0 amide bonds. The number of benzene rings is 1. The number of aromatic carboxylic acids is 1. The number of rotatable bonds is 2. The highest BCUT2D eigenvalue weighted by molar-refractivity contribution is 6.01. The lowest BCUT2D eigenvalue weighted by Crippen LogP contribution is -2.24. The first-order valence-corrected chi connectivity index (χ1v) is 7.48. The molecule has 0 bridgehead atoms. The van der Waals surface area contributed by atoms with Gasteiger partial charge in [-0.2, -0.15) is 0 Å². The second-order valence-electron chi connectivity index (χ2n) is 5.78. The van der Waals surface area contributed by atoms with E-state index in [1.165, 1.54) is 0 Å². The molecular formula is C16H20N2O3. The lowest BCUT2D eigenvalue weighted by atomic mass is 10.0. The molecule has 1 aliphatic rings. The smallest absolute Gasteiger partial charge is 0.337 e. The number of fused-ring (bicyclic) bond motifs is 1. The van der Waals surface area contributed by atoms with Gasteiger partial charge in [0.15, 0.2) is 0 Å². The van der Waals surface area contributed by atoms with Crippen LogP contribution in [0.4, 0.5) is 0 Å². The molecule has 5 nitrogen and oxygen atoms in total. The molecule has 2 unspecified atom stereocenters. The molecule has 1 saturated carbocycles. The average Bonchev–Trinajstić information content (AvgIpc) is 2.63. The van der Waals surface area contributed by atoms with Gasteiger partial charge < -0.3 is 14.8 Å². The van der Waals surface area contributed by atoms with Gasteiger partial charge in [0.1, 0.15) is 5.82 Å². The normalized spacial score (nSPS) is 23.1. The number of carboxylic acids is 1. The third-order valence-corrected chi connectivity index (χ3v) is 4.39. The number of imidazole rings is 1. The fourth-order valence-corrected chi connectivity index (χ4v) is 3.41. The highest BCUT2D eigenvalue weighted by atomic mass is 16.4. The van der Waals surface area contributed by atoms with Crippen LogP contribution in [0, 0.1) is 6.92 Å². The first kappa shape index (κ1) is 14.1. The molecular weight excluding hydrogens is 268 g/mol. The molecule has 21 heavy (non-hydrogen) atoms. The number of aliphatic hydroxyl groups excluding tert-OH is 1. The number of para-hydroxylation sites is 1. The van der Waals surface area contributed by atoms with Crippen LogP contribution in [0.1, 0.15) is 54.3 Å². The van der Waals surface area contributed by atoms with Crippen LogP contribution >= 0.6 is 0 Å². The van der Waals surface area contributed by atoms with Crippen molar-refractivity contribution in [3.05, 3.63) is 29.6 Å². The van der Waals surface area contributed by atoms with Crippen LogP contribution in [0.15, 0.2) is 18.2 Å². The van der Waals surface area contributed by atoms with Gasteiger partial charge >= 0.3 is 5.97 Å². The maximum atomic E-state index is 11.5. The van der Waals surface area contributed by atoms with E-state index in [9.17, 15) is 15.0 Å². The van der Waals surface area contributed by atoms with Crippen LogP contribution in [-0.4, -0.2) is 31.8 Å². The largest absolute Gasteiger partial charge is 0.478 e. The first-order valence-electron chi connectivity index (χ1n) is 7.48. The summed E-state index contributed by atoms with van der Waals surface area (Å²) >= 11 is 0. The highest BCUT2D eigenvalue weighted by Gasteiger charge is 2.27. The van der Waals surface area contributed by atoms with Crippen LogP contribution in [0.5, 0.6) is 0 Å². The zero-order chi connectivity index (χ0) is 15.0. The van der Waals surface area contributed by atoms with E-state index in [2.05, 4.69) is 4.98 Å². The van der Waals surface area contributed by atoms with Crippen molar-refractivity contribution >= 4 is 17.0 Å². The second-order valence-corrected chi connectivity index (χ2v) is 5.78. The Morgan fingerprint density at radius 3 is 2.81 bits per heavy atom. The van der Waals surface area contributed by atoms with E-state index in [1.54, 1.807) is 12.1 Å². The molecule has 0 aliphatic heterocycles. The van der Waals surface area contributed by atoms with Gasteiger partial charge in [0, 0.05) is 0 Å². The predicted molar refractivity (Wildman–Crippen MR) is 79.6 cm³/mol. The van der Waals surface area contributed by atoms with Gasteiger partial charge in [0.2, 0.25) is 0 Å². The lowest BCUT2D eigenvalue weighted by Gasteiger charge is -2.24. The Balaban J connectivity index is 2.21. The number of aliphatic hydroxyl groups is 1. The maximum Gasteiger partial charge on any atom is 0.337 e. The molecule has 5 heteroatoms. The minimum Gasteiger partial charge on any atom is -0.478 e. The Morgan fingerprint density at radius 1 is 1.29 bits per heavy atom. The SMILES string of the molecule is Cc1nc2cccc(C(=O)O)c2n1C1CCCCCC1O. The molecule has 2 atom stereocenters. The number of nitrogens with zero attached hydrogens (tertiary/aromatic N) is 2. The number of aryl methyl sites for hydroxylation is 1. The van der Waals surface area contributed by atoms with Crippen molar-refractivity contribution in [2.45, 2.75) is 51.2 Å². The zero-order valence-electron chi connectivity index (χ0n) is 12.1. The van der Waals surface area contributed by atoms with Gasteiger partial charge in [-0.15, -0.1) is 0 Å². The van der Waals surface area contributed by atoms with Crippen molar-refractivity contribution in [3.8, 4) is 0 Å². The molecule has 1 fully saturated rings. The Morgan fingerprint density at radius 2 is 2.05 bits per heavy atom. The van der Waals surface area contributed by atoms with Gasteiger partial charge in [-0.1, -0.05) is 25.3 Å². The summed E-state index contributed by atoms with van der Waals surface area (Å²) in [4.78, 5) is 16.0. The minimum atomic E-state index is -0.954. The number of hydrogen-bond acceptors (Lipinski definition) is 3. The van der Waals surface area contributed by atoms with Crippen LogP contribution in [0.2, 0.25) is 0 Å². The van der Waals surface area contributed by atoms with E-state index in [0.717, 1.165) is 37.9 Å². The molecule has 1 aliphatic carbocycles. The summed E-state index contributed by atoms with van der Waals surface area (Å²) < 4.78 is 1.94. The first-order chi connectivity index (χ1) is 10.1. The number of carbonyl (C=O) groups is 1. The summed E-state index contributed by atoms with van der Waals surface area (Å²) in [6.45, 7) is 1.88. The molecule has 0 radical (unpaired) electrons. The fourth-order valence-electron chi connectivity index (χ4n) is 3.41. The average molecular weight is 288 g/mol. The third-order valence-electron chi connectivity index (χ3n) is 4.39. The molecule has 112 valence electrons. The maximum absolute atomic E-state index is 11.5. The van der Waals surface area contributed by atoms with Crippen molar-refractivity contribution in [2.75, 3.05) is 0 Å². The molecule has 2 N–H and O–H groups in total. The summed E-state index contributed by atoms with van der Waals surface area (Å²) in [5, 5.41) is 19.9. The standard InChI is InChI=1S/C16H20N2O3/c1-10-17-12-7-5-6-11(16(20)21)15(12)18(10)13-8-3-2-4-9-14(13)19/h5-7,13-14,19H,2-4,8-9H2,1H3,(H,20,21). The Hall–Kier alpha value is -1.88. The summed E-state index contributed by atoms with van der Waals surface area (Å²) in [5.41, 5.74) is 1.57. The van der Waals surface area contributed by atoms with Gasteiger partial charge in [-0.3, -0.25) is 0 Å². The van der Waals surface area contributed by atoms with E-state index in [0.29, 0.717) is 11.0 Å². The van der Waals surface area contributed by atoms with Gasteiger partial charge in [-0.05, 0) is 31.9 Å². The van der Waals surface area contributed by atoms with Crippen molar-refractivity contribution in [2.24, 2.45) is 0 Å². The number of hydrogen-bond donors (Lipinski definition) is 2. The predicted octanol–water partition coefficient (Wildman–Crippen LogP) is 2.91. The fraction of sp³-hybridized carbons (Fsp3) is 0.500. The number of carboxylic acid groups (broad SMARTS) is 1. The third kappa shape index (κ3) is 2.42. The summed E-state index contributed by atoms with van der Waals surface area (Å²) in [5.74, 6) is -0.186.